The second-order valence-electron chi connectivity index (χ2n) is 2.68. The van der Waals surface area contributed by atoms with E-state index in [9.17, 15) is 18.0 Å². The number of nitrogens with one attached hydrogen (secondary N) is 1. The summed E-state index contributed by atoms with van der Waals surface area (Å²) in [5.74, 6) is 0.163. The van der Waals surface area contributed by atoms with E-state index in [2.05, 4.69) is 5.92 Å². The van der Waals surface area contributed by atoms with E-state index < -0.39 is 17.6 Å². The Balaban J connectivity index is 2.54. The average Bonchev–Trinajstić information content (AvgIpc) is 2.67. The molecule has 0 aliphatic heterocycles. The van der Waals surface area contributed by atoms with E-state index >= 15 is 0 Å². The van der Waals surface area contributed by atoms with Crippen LogP contribution in [-0.2, 0) is 4.79 Å². The van der Waals surface area contributed by atoms with Gasteiger partial charge in [-0.3, -0.25) is 4.79 Å². The molecule has 0 aromatic carbocycles. The highest BCUT2D eigenvalue weighted by molar-refractivity contribution is 5.83. The zero-order chi connectivity index (χ0) is 9.41. The van der Waals surface area contributed by atoms with Crippen LogP contribution < -0.4 is 5.32 Å². The molecule has 0 radical (unpaired) electrons. The Kier molecular flexibility index (Phi) is 1.79. The molecule has 0 aromatic heterocycles. The predicted molar refractivity (Wildman–Crippen MR) is 35.0 cm³/mol. The molecule has 2 nitrogen and oxygen atoms in total. The molecule has 1 rings (SSSR count). The van der Waals surface area contributed by atoms with Crippen LogP contribution in [0.25, 0.3) is 0 Å². The third-order valence-corrected chi connectivity index (χ3v) is 1.64. The minimum absolute atomic E-state index is 0.422. The van der Waals surface area contributed by atoms with Gasteiger partial charge in [0, 0.05) is 0 Å². The lowest BCUT2D eigenvalue weighted by atomic mass is 10.3. The fraction of sp³-hybridized carbons (Fsp3) is 0.571. The standard InChI is InChI=1S/C7H6F3NO/c1-2-6(3-4-6)11-5(12)7(8,9)10/h1H,3-4H2,(H,11,12). The maximum Gasteiger partial charge on any atom is 0.471 e. The molecule has 0 unspecified atom stereocenters. The Hall–Kier alpha value is -1.18. The number of amides is 1. The van der Waals surface area contributed by atoms with Crippen molar-refractivity contribution in [3.05, 3.63) is 0 Å². The third-order valence-electron chi connectivity index (χ3n) is 1.64. The molecule has 0 heterocycles. The quantitative estimate of drug-likeness (QED) is 0.590. The Bertz CT molecular complexity index is 246. The van der Waals surface area contributed by atoms with Crippen LogP contribution in [0.2, 0.25) is 0 Å². The van der Waals surface area contributed by atoms with E-state index in [0.717, 1.165) is 0 Å². The number of rotatable bonds is 1. The Morgan fingerprint density at radius 3 is 2.25 bits per heavy atom. The van der Waals surface area contributed by atoms with Gasteiger partial charge >= 0.3 is 12.1 Å². The maximum atomic E-state index is 11.7. The molecule has 0 bridgehead atoms. The van der Waals surface area contributed by atoms with E-state index in [1.807, 2.05) is 0 Å². The number of hydrogen-bond acceptors (Lipinski definition) is 1. The van der Waals surface area contributed by atoms with E-state index in [-0.39, 0.29) is 0 Å². The lowest BCUT2D eigenvalue weighted by Crippen LogP contribution is -2.43. The molecule has 12 heavy (non-hydrogen) atoms. The number of terminal acetylenes is 1. The number of carbonyl (C=O) groups excluding carboxylic acids is 1. The van der Waals surface area contributed by atoms with Gasteiger partial charge in [0.15, 0.2) is 0 Å². The van der Waals surface area contributed by atoms with Gasteiger partial charge in [0.2, 0.25) is 0 Å². The fourth-order valence-corrected chi connectivity index (χ4v) is 0.719. The zero-order valence-electron chi connectivity index (χ0n) is 6.03. The zero-order valence-corrected chi connectivity index (χ0v) is 6.03. The van der Waals surface area contributed by atoms with Gasteiger partial charge in [0.1, 0.15) is 5.54 Å². The topological polar surface area (TPSA) is 29.1 Å². The molecule has 1 aliphatic carbocycles. The summed E-state index contributed by atoms with van der Waals surface area (Å²) in [7, 11) is 0. The predicted octanol–water partition coefficient (Wildman–Crippen LogP) is 0.831. The fourth-order valence-electron chi connectivity index (χ4n) is 0.719. The van der Waals surface area contributed by atoms with Gasteiger partial charge in [0.05, 0.1) is 0 Å². The van der Waals surface area contributed by atoms with Crippen molar-refractivity contribution in [2.75, 3.05) is 0 Å². The van der Waals surface area contributed by atoms with Gasteiger partial charge in [-0.25, -0.2) is 0 Å². The van der Waals surface area contributed by atoms with E-state index in [4.69, 9.17) is 6.42 Å². The average molecular weight is 177 g/mol. The number of halogens is 3. The molecule has 0 atom stereocenters. The van der Waals surface area contributed by atoms with Crippen molar-refractivity contribution in [3.63, 3.8) is 0 Å². The van der Waals surface area contributed by atoms with Gasteiger partial charge in [-0.1, -0.05) is 5.92 Å². The van der Waals surface area contributed by atoms with Crippen molar-refractivity contribution < 1.29 is 18.0 Å². The molecule has 66 valence electrons. The molecule has 1 aliphatic rings. The lowest BCUT2D eigenvalue weighted by molar-refractivity contribution is -0.174. The molecule has 0 spiro atoms. The van der Waals surface area contributed by atoms with Crippen molar-refractivity contribution in [1.82, 2.24) is 5.32 Å². The van der Waals surface area contributed by atoms with Crippen molar-refractivity contribution >= 4 is 5.91 Å². The molecule has 0 aromatic rings. The Morgan fingerprint density at radius 1 is 1.50 bits per heavy atom. The van der Waals surface area contributed by atoms with E-state index in [0.29, 0.717) is 12.8 Å². The smallest absolute Gasteiger partial charge is 0.332 e. The highest BCUT2D eigenvalue weighted by Crippen LogP contribution is 2.35. The first-order valence-corrected chi connectivity index (χ1v) is 3.27. The summed E-state index contributed by atoms with van der Waals surface area (Å²) in [6, 6.07) is 0. The van der Waals surface area contributed by atoms with E-state index in [1.165, 1.54) is 0 Å². The Morgan fingerprint density at radius 2 is 2.00 bits per heavy atom. The first-order valence-electron chi connectivity index (χ1n) is 3.27. The van der Waals surface area contributed by atoms with Gasteiger partial charge in [0.25, 0.3) is 0 Å². The van der Waals surface area contributed by atoms with Crippen molar-refractivity contribution in [3.8, 4) is 12.3 Å². The maximum absolute atomic E-state index is 11.7. The van der Waals surface area contributed by atoms with Crippen LogP contribution in [-0.4, -0.2) is 17.6 Å². The molecule has 0 saturated heterocycles. The highest BCUT2D eigenvalue weighted by Gasteiger charge is 2.48. The number of carbonyl (C=O) groups is 1. The molecule has 1 saturated carbocycles. The van der Waals surface area contributed by atoms with Crippen LogP contribution >= 0.6 is 0 Å². The summed E-state index contributed by atoms with van der Waals surface area (Å²) in [5, 5.41) is 1.76. The number of alkyl halides is 3. The molecule has 1 fully saturated rings. The lowest BCUT2D eigenvalue weighted by Gasteiger charge is -2.11. The van der Waals surface area contributed by atoms with Crippen LogP contribution in [0.15, 0.2) is 0 Å². The normalized spacial score (nSPS) is 19.5. The highest BCUT2D eigenvalue weighted by atomic mass is 19.4. The molecule has 5 heteroatoms. The van der Waals surface area contributed by atoms with Gasteiger partial charge < -0.3 is 5.32 Å². The van der Waals surface area contributed by atoms with Crippen LogP contribution in [0.5, 0.6) is 0 Å². The third kappa shape index (κ3) is 1.70. The van der Waals surface area contributed by atoms with Gasteiger partial charge in [-0.2, -0.15) is 13.2 Å². The summed E-state index contributed by atoms with van der Waals surface area (Å²) in [6.07, 6.45) is 0.931. The Labute approximate surface area is 67.1 Å². The van der Waals surface area contributed by atoms with E-state index in [1.54, 1.807) is 5.32 Å². The van der Waals surface area contributed by atoms with Crippen LogP contribution in [0.3, 0.4) is 0 Å². The molecule has 1 amide bonds. The van der Waals surface area contributed by atoms with Crippen LogP contribution in [0.4, 0.5) is 13.2 Å². The van der Waals surface area contributed by atoms with Gasteiger partial charge in [-0.15, -0.1) is 6.42 Å². The minimum Gasteiger partial charge on any atom is -0.332 e. The number of hydrogen-bond donors (Lipinski definition) is 1. The first kappa shape index (κ1) is 8.91. The largest absolute Gasteiger partial charge is 0.471 e. The second kappa shape index (κ2) is 2.41. The summed E-state index contributed by atoms with van der Waals surface area (Å²) in [4.78, 5) is 10.3. The summed E-state index contributed by atoms with van der Waals surface area (Å²) < 4.78 is 35.0. The van der Waals surface area contributed by atoms with Gasteiger partial charge in [-0.05, 0) is 12.8 Å². The van der Waals surface area contributed by atoms with Crippen LogP contribution in [0.1, 0.15) is 12.8 Å². The molecular weight excluding hydrogens is 171 g/mol. The van der Waals surface area contributed by atoms with Crippen molar-refractivity contribution in [2.24, 2.45) is 0 Å². The van der Waals surface area contributed by atoms with Crippen molar-refractivity contribution in [1.29, 1.82) is 0 Å². The van der Waals surface area contributed by atoms with Crippen LogP contribution in [0, 0.1) is 12.3 Å². The SMILES string of the molecule is C#CC1(NC(=O)C(F)(F)F)CC1. The summed E-state index contributed by atoms with van der Waals surface area (Å²) >= 11 is 0. The molecular formula is C7H6F3NO. The summed E-state index contributed by atoms with van der Waals surface area (Å²) in [5.41, 5.74) is -1.02. The molecule has 1 N–H and O–H groups in total. The second-order valence-corrected chi connectivity index (χ2v) is 2.68. The van der Waals surface area contributed by atoms with Crippen molar-refractivity contribution in [2.45, 2.75) is 24.6 Å². The monoisotopic (exact) mass is 177 g/mol. The first-order chi connectivity index (χ1) is 5.40. The summed E-state index contributed by atoms with van der Waals surface area (Å²) in [6.45, 7) is 0. The minimum atomic E-state index is -4.84.